The molecule has 12 heteroatoms. The molecule has 0 aliphatic heterocycles. The fourth-order valence-corrected chi connectivity index (χ4v) is 4.39. The number of aromatic amines is 1. The summed E-state index contributed by atoms with van der Waals surface area (Å²) in [6.45, 7) is 3.86. The number of hydrogen-bond acceptors (Lipinski definition) is 7. The van der Waals surface area contributed by atoms with Gasteiger partial charge < -0.3 is 36.9 Å². The van der Waals surface area contributed by atoms with Gasteiger partial charge in [0.2, 0.25) is 17.7 Å². The lowest BCUT2D eigenvalue weighted by molar-refractivity contribution is -0.142. The molecule has 0 bridgehead atoms. The number of benzene rings is 2. The number of hydrogen-bond donors (Lipinski definition) is 7. The molecule has 42 heavy (non-hydrogen) atoms. The summed E-state index contributed by atoms with van der Waals surface area (Å²) >= 11 is 0. The van der Waals surface area contributed by atoms with Crippen molar-refractivity contribution in [2.24, 2.45) is 11.7 Å². The van der Waals surface area contributed by atoms with Crippen LogP contribution in [0.4, 0.5) is 0 Å². The molecule has 0 aliphatic rings. The summed E-state index contributed by atoms with van der Waals surface area (Å²) in [6.07, 6.45) is 3.48. The highest BCUT2D eigenvalue weighted by Gasteiger charge is 2.31. The van der Waals surface area contributed by atoms with Crippen molar-refractivity contribution in [1.82, 2.24) is 25.9 Å². The van der Waals surface area contributed by atoms with Gasteiger partial charge in [0.25, 0.3) is 0 Å². The van der Waals surface area contributed by atoms with Gasteiger partial charge in [-0.05, 0) is 35.6 Å². The number of carboxylic acid groups (broad SMARTS) is 1. The fraction of sp³-hybridized carbons (Fsp3) is 0.367. The second-order valence-electron chi connectivity index (χ2n) is 10.6. The average Bonchev–Trinajstić information content (AvgIpc) is 3.46. The molecule has 4 atom stereocenters. The summed E-state index contributed by atoms with van der Waals surface area (Å²) in [5, 5.41) is 27.3. The molecule has 4 unspecified atom stereocenters. The number of carboxylic acids is 1. The van der Waals surface area contributed by atoms with Gasteiger partial charge in [-0.2, -0.15) is 0 Å². The third-order valence-electron chi connectivity index (χ3n) is 6.58. The zero-order valence-corrected chi connectivity index (χ0v) is 23.6. The standard InChI is InChI=1S/C30H38N6O6/c1-18(2)12-23(31)27(38)34-25(15-21-16-32-17-33-21)29(40)35-24(13-19-6-4-3-5-7-19)28(39)36-26(30(41)42)14-20-8-10-22(37)11-9-20/h3-11,16-18,23-26,37H,12-15,31H2,1-2H3,(H,32,33)(H,34,38)(H,35,40)(H,36,39)(H,41,42). The van der Waals surface area contributed by atoms with Crippen LogP contribution in [0.1, 0.15) is 37.1 Å². The molecular weight excluding hydrogens is 540 g/mol. The molecule has 2 aromatic carbocycles. The van der Waals surface area contributed by atoms with Gasteiger partial charge in [-0.25, -0.2) is 9.78 Å². The van der Waals surface area contributed by atoms with Crippen molar-refractivity contribution < 1.29 is 29.4 Å². The molecule has 0 saturated carbocycles. The highest BCUT2D eigenvalue weighted by molar-refractivity contribution is 5.94. The van der Waals surface area contributed by atoms with E-state index in [0.29, 0.717) is 17.7 Å². The Hall–Kier alpha value is -4.71. The Morgan fingerprint density at radius 3 is 1.93 bits per heavy atom. The molecule has 0 aliphatic carbocycles. The predicted octanol–water partition coefficient (Wildman–Crippen LogP) is 1.06. The minimum Gasteiger partial charge on any atom is -0.508 e. The molecule has 8 N–H and O–H groups in total. The number of carbonyl (C=O) groups excluding carboxylic acids is 3. The third-order valence-corrected chi connectivity index (χ3v) is 6.58. The summed E-state index contributed by atoms with van der Waals surface area (Å²) in [7, 11) is 0. The van der Waals surface area contributed by atoms with Gasteiger partial charge in [0.05, 0.1) is 12.4 Å². The number of carbonyl (C=O) groups is 4. The van der Waals surface area contributed by atoms with Crippen LogP contribution in [0.15, 0.2) is 67.1 Å². The van der Waals surface area contributed by atoms with Crippen LogP contribution in [0.2, 0.25) is 0 Å². The molecule has 0 fully saturated rings. The normalized spacial score (nSPS) is 13.9. The molecule has 224 valence electrons. The number of imidazole rings is 1. The van der Waals surface area contributed by atoms with Crippen LogP contribution in [-0.4, -0.2) is 68.0 Å². The number of nitrogens with one attached hydrogen (secondary N) is 4. The van der Waals surface area contributed by atoms with E-state index >= 15 is 0 Å². The van der Waals surface area contributed by atoms with Gasteiger partial charge in [-0.15, -0.1) is 0 Å². The number of aromatic nitrogens is 2. The number of aliphatic carboxylic acids is 1. The van der Waals surface area contributed by atoms with Gasteiger partial charge in [-0.1, -0.05) is 56.3 Å². The quantitative estimate of drug-likeness (QED) is 0.139. The third kappa shape index (κ3) is 10.0. The summed E-state index contributed by atoms with van der Waals surface area (Å²) < 4.78 is 0. The van der Waals surface area contributed by atoms with Gasteiger partial charge in [0.1, 0.15) is 23.9 Å². The monoisotopic (exact) mass is 578 g/mol. The van der Waals surface area contributed by atoms with Gasteiger partial charge in [0, 0.05) is 31.2 Å². The Morgan fingerprint density at radius 1 is 0.810 bits per heavy atom. The number of rotatable bonds is 15. The lowest BCUT2D eigenvalue weighted by Gasteiger charge is -2.25. The SMILES string of the molecule is CC(C)CC(N)C(=O)NC(Cc1cnc[nH]1)C(=O)NC(Cc1ccccc1)C(=O)NC(Cc1ccc(O)cc1)C(=O)O. The number of nitrogens with zero attached hydrogens (tertiary/aromatic N) is 1. The minimum absolute atomic E-state index is 0.0298. The first-order chi connectivity index (χ1) is 20.0. The number of H-pyrrole nitrogens is 1. The van der Waals surface area contributed by atoms with Crippen LogP contribution < -0.4 is 21.7 Å². The minimum atomic E-state index is -1.30. The van der Waals surface area contributed by atoms with E-state index in [-0.39, 0.29) is 30.9 Å². The molecule has 3 rings (SSSR count). The first-order valence-electron chi connectivity index (χ1n) is 13.7. The molecule has 12 nitrogen and oxygen atoms in total. The number of phenols is 1. The topological polar surface area (TPSA) is 200 Å². The Labute approximate surface area is 244 Å². The Balaban J connectivity index is 1.81. The summed E-state index contributed by atoms with van der Waals surface area (Å²) in [4.78, 5) is 58.8. The molecular formula is C30H38N6O6. The van der Waals surface area contributed by atoms with E-state index in [1.54, 1.807) is 36.4 Å². The van der Waals surface area contributed by atoms with E-state index in [2.05, 4.69) is 25.9 Å². The zero-order valence-electron chi connectivity index (χ0n) is 23.6. The number of amides is 3. The van der Waals surface area contributed by atoms with Crippen LogP contribution in [0, 0.1) is 5.92 Å². The maximum atomic E-state index is 13.6. The van der Waals surface area contributed by atoms with Gasteiger partial charge >= 0.3 is 5.97 Å². The van der Waals surface area contributed by atoms with Gasteiger partial charge in [-0.3, -0.25) is 14.4 Å². The van der Waals surface area contributed by atoms with Crippen molar-refractivity contribution in [1.29, 1.82) is 0 Å². The van der Waals surface area contributed by atoms with E-state index in [1.807, 2.05) is 19.9 Å². The van der Waals surface area contributed by atoms with Crippen LogP contribution in [0.3, 0.4) is 0 Å². The maximum Gasteiger partial charge on any atom is 0.326 e. The predicted molar refractivity (Wildman–Crippen MR) is 155 cm³/mol. The molecule has 3 amide bonds. The molecule has 0 spiro atoms. The second-order valence-corrected chi connectivity index (χ2v) is 10.6. The Kier molecular flexibility index (Phi) is 11.6. The highest BCUT2D eigenvalue weighted by Crippen LogP contribution is 2.12. The molecule has 0 saturated heterocycles. The van der Waals surface area contributed by atoms with Crippen molar-refractivity contribution in [2.45, 2.75) is 63.7 Å². The number of nitrogens with two attached hydrogens (primary N) is 1. The Bertz CT molecular complexity index is 1310. The average molecular weight is 579 g/mol. The van der Waals surface area contributed by atoms with Crippen molar-refractivity contribution in [3.8, 4) is 5.75 Å². The smallest absolute Gasteiger partial charge is 0.326 e. The van der Waals surface area contributed by atoms with Crippen LogP contribution in [-0.2, 0) is 38.4 Å². The lowest BCUT2D eigenvalue weighted by Crippen LogP contribution is -2.58. The van der Waals surface area contributed by atoms with Crippen molar-refractivity contribution in [3.63, 3.8) is 0 Å². The Morgan fingerprint density at radius 2 is 1.36 bits per heavy atom. The first-order valence-corrected chi connectivity index (χ1v) is 13.7. The lowest BCUT2D eigenvalue weighted by atomic mass is 10.0. The van der Waals surface area contributed by atoms with E-state index in [1.165, 1.54) is 24.7 Å². The number of aromatic hydroxyl groups is 1. The summed E-state index contributed by atoms with van der Waals surface area (Å²) in [5.74, 6) is -2.93. The molecule has 0 radical (unpaired) electrons. The molecule has 1 aromatic heterocycles. The fourth-order valence-electron chi connectivity index (χ4n) is 4.39. The van der Waals surface area contributed by atoms with E-state index < -0.39 is 47.9 Å². The maximum absolute atomic E-state index is 13.6. The van der Waals surface area contributed by atoms with Crippen molar-refractivity contribution in [2.75, 3.05) is 0 Å². The van der Waals surface area contributed by atoms with Crippen LogP contribution in [0.5, 0.6) is 5.75 Å². The van der Waals surface area contributed by atoms with Gasteiger partial charge in [0.15, 0.2) is 0 Å². The summed E-state index contributed by atoms with van der Waals surface area (Å²) in [6, 6.07) is 10.6. The van der Waals surface area contributed by atoms with E-state index in [9.17, 15) is 29.4 Å². The van der Waals surface area contributed by atoms with Crippen LogP contribution in [0.25, 0.3) is 0 Å². The largest absolute Gasteiger partial charge is 0.508 e. The second kappa shape index (κ2) is 15.3. The first kappa shape index (κ1) is 31.8. The van der Waals surface area contributed by atoms with Crippen molar-refractivity contribution >= 4 is 23.7 Å². The van der Waals surface area contributed by atoms with E-state index in [4.69, 9.17) is 5.73 Å². The van der Waals surface area contributed by atoms with Crippen LogP contribution >= 0.6 is 0 Å². The molecule has 3 aromatic rings. The highest BCUT2D eigenvalue weighted by atomic mass is 16.4. The van der Waals surface area contributed by atoms with E-state index in [0.717, 1.165) is 5.56 Å². The van der Waals surface area contributed by atoms with Crippen molar-refractivity contribution in [3.05, 3.63) is 83.9 Å². The summed E-state index contributed by atoms with van der Waals surface area (Å²) in [5.41, 5.74) is 7.95. The number of phenolic OH excluding ortho intramolecular Hbond substituents is 1. The molecule has 1 heterocycles. The zero-order chi connectivity index (χ0) is 30.6.